The Balaban J connectivity index is 3.46. The van der Waals surface area contributed by atoms with Crippen molar-refractivity contribution in [3.63, 3.8) is 0 Å². The molecule has 1 atom stereocenters. The highest BCUT2D eigenvalue weighted by atomic mass is 35.5. The smallest absolute Gasteiger partial charge is 0.0176 e. The van der Waals surface area contributed by atoms with Gasteiger partial charge >= 0.3 is 0 Å². The van der Waals surface area contributed by atoms with Crippen LogP contribution in [0.25, 0.3) is 0 Å². The van der Waals surface area contributed by atoms with Crippen LogP contribution in [0.3, 0.4) is 0 Å². The van der Waals surface area contributed by atoms with Gasteiger partial charge in [0.25, 0.3) is 0 Å². The molecule has 78 valence electrons. The Hall–Kier alpha value is -0.0100. The van der Waals surface area contributed by atoms with Gasteiger partial charge < -0.3 is 5.32 Å². The van der Waals surface area contributed by atoms with Gasteiger partial charge in [-0.2, -0.15) is 0 Å². The molecule has 0 aliphatic carbocycles. The van der Waals surface area contributed by atoms with Crippen LogP contribution in [-0.4, -0.2) is 12.6 Å². The van der Waals surface area contributed by atoms with Crippen molar-refractivity contribution in [1.82, 2.24) is 5.32 Å². The predicted octanol–water partition coefficient (Wildman–Crippen LogP) is 3.54. The maximum absolute atomic E-state index is 5.56. The molecule has 2 heteroatoms. The van der Waals surface area contributed by atoms with E-state index in [9.17, 15) is 0 Å². The number of halogens is 1. The second kappa shape index (κ2) is 7.40. The minimum absolute atomic E-state index is 0.592. The second-order valence-electron chi connectivity index (χ2n) is 4.21. The Kier molecular flexibility index (Phi) is 7.39. The Morgan fingerprint density at radius 1 is 1.31 bits per heavy atom. The molecule has 0 saturated heterocycles. The van der Waals surface area contributed by atoms with Crippen molar-refractivity contribution in [2.45, 2.75) is 46.6 Å². The lowest BCUT2D eigenvalue weighted by atomic mass is 10.0. The Labute approximate surface area is 87.6 Å². The molecule has 0 aliphatic rings. The maximum atomic E-state index is 5.56. The van der Waals surface area contributed by atoms with Crippen molar-refractivity contribution in [3.8, 4) is 0 Å². The van der Waals surface area contributed by atoms with Crippen LogP contribution in [0.1, 0.15) is 40.5 Å². The third-order valence-corrected chi connectivity index (χ3v) is 2.47. The van der Waals surface area contributed by atoms with Crippen molar-refractivity contribution in [1.29, 1.82) is 0 Å². The van der Waals surface area contributed by atoms with E-state index in [2.05, 4.69) is 26.1 Å². The summed E-state index contributed by atoms with van der Waals surface area (Å²) in [6.07, 6.45) is 2.53. The first-order chi connectivity index (χ1) is 6.06. The molecule has 0 bridgehead atoms. The van der Waals surface area contributed by atoms with E-state index in [1.165, 1.54) is 18.4 Å². The molecule has 0 heterocycles. The Bertz CT molecular complexity index is 152. The molecule has 0 saturated carbocycles. The zero-order chi connectivity index (χ0) is 10.3. The van der Waals surface area contributed by atoms with Gasteiger partial charge in [-0.05, 0) is 38.2 Å². The van der Waals surface area contributed by atoms with Gasteiger partial charge in [-0.3, -0.25) is 0 Å². The topological polar surface area (TPSA) is 12.0 Å². The molecule has 0 spiro atoms. The molecule has 0 fully saturated rings. The van der Waals surface area contributed by atoms with Crippen LogP contribution >= 0.6 is 11.6 Å². The van der Waals surface area contributed by atoms with E-state index in [4.69, 9.17) is 11.6 Å². The summed E-state index contributed by atoms with van der Waals surface area (Å²) >= 11 is 5.56. The van der Waals surface area contributed by atoms with Gasteiger partial charge in [0, 0.05) is 18.1 Å². The molecule has 0 amide bonds. The van der Waals surface area contributed by atoms with E-state index >= 15 is 0 Å². The summed E-state index contributed by atoms with van der Waals surface area (Å²) in [6.45, 7) is 9.69. The molecule has 0 aromatic rings. The molecule has 0 radical (unpaired) electrons. The first-order valence-corrected chi connectivity index (χ1v) is 5.49. The molecule has 13 heavy (non-hydrogen) atoms. The van der Waals surface area contributed by atoms with Gasteiger partial charge in [0.05, 0.1) is 0 Å². The van der Waals surface area contributed by atoms with Crippen molar-refractivity contribution in [3.05, 3.63) is 11.1 Å². The number of hydrogen-bond donors (Lipinski definition) is 1. The number of hydrogen-bond acceptors (Lipinski definition) is 1. The highest BCUT2D eigenvalue weighted by Gasteiger charge is 2.02. The Morgan fingerprint density at radius 3 is 2.38 bits per heavy atom. The van der Waals surface area contributed by atoms with E-state index in [0.29, 0.717) is 6.04 Å². The number of nitrogens with one attached hydrogen (secondary N) is 1. The lowest BCUT2D eigenvalue weighted by Crippen LogP contribution is -2.27. The molecule has 1 N–H and O–H groups in total. The summed E-state index contributed by atoms with van der Waals surface area (Å²) in [4.78, 5) is 0. The third-order valence-electron chi connectivity index (χ3n) is 2.09. The lowest BCUT2D eigenvalue weighted by Gasteiger charge is -2.14. The van der Waals surface area contributed by atoms with Crippen molar-refractivity contribution >= 4 is 11.6 Å². The van der Waals surface area contributed by atoms with Crippen LogP contribution in [0, 0.1) is 5.92 Å². The average Bonchev–Trinajstić information content (AvgIpc) is 2.10. The fourth-order valence-electron chi connectivity index (χ4n) is 1.06. The van der Waals surface area contributed by atoms with E-state index < -0.39 is 0 Å². The first-order valence-electron chi connectivity index (χ1n) is 5.05. The van der Waals surface area contributed by atoms with E-state index in [1.807, 2.05) is 6.92 Å². The predicted molar refractivity (Wildman–Crippen MR) is 61.1 cm³/mol. The van der Waals surface area contributed by atoms with Crippen LogP contribution in [0.2, 0.25) is 0 Å². The lowest BCUT2D eigenvalue weighted by molar-refractivity contribution is 0.462. The van der Waals surface area contributed by atoms with Crippen LogP contribution in [0.5, 0.6) is 0 Å². The van der Waals surface area contributed by atoms with E-state index in [-0.39, 0.29) is 0 Å². The van der Waals surface area contributed by atoms with Gasteiger partial charge in [-0.25, -0.2) is 0 Å². The third kappa shape index (κ3) is 8.32. The van der Waals surface area contributed by atoms with Crippen LogP contribution < -0.4 is 5.32 Å². The van der Waals surface area contributed by atoms with Crippen LogP contribution in [-0.2, 0) is 0 Å². The van der Waals surface area contributed by atoms with Crippen molar-refractivity contribution in [2.75, 3.05) is 6.54 Å². The zero-order valence-electron chi connectivity index (χ0n) is 9.23. The van der Waals surface area contributed by atoms with Crippen molar-refractivity contribution in [2.24, 2.45) is 5.92 Å². The Morgan fingerprint density at radius 2 is 1.92 bits per heavy atom. The summed E-state index contributed by atoms with van der Waals surface area (Å²) < 4.78 is 0. The summed E-state index contributed by atoms with van der Waals surface area (Å²) in [5.74, 6) is 0.800. The second-order valence-corrected chi connectivity index (χ2v) is 4.43. The molecule has 0 aliphatic heterocycles. The molecular formula is C11H22ClN. The maximum Gasteiger partial charge on any atom is 0.0176 e. The molecular weight excluding hydrogens is 182 g/mol. The van der Waals surface area contributed by atoms with Gasteiger partial charge in [0.15, 0.2) is 0 Å². The van der Waals surface area contributed by atoms with E-state index in [0.717, 1.165) is 12.5 Å². The minimum atomic E-state index is 0.592. The fraction of sp³-hybridized carbons (Fsp3) is 0.818. The zero-order valence-corrected chi connectivity index (χ0v) is 9.99. The minimum Gasteiger partial charge on any atom is -0.311 e. The largest absolute Gasteiger partial charge is 0.311 e. The molecule has 1 unspecified atom stereocenters. The SMILES string of the molecule is CC(=CCl)CNC(C)CCC(C)C. The standard InChI is InChI=1S/C11H22ClN/c1-9(2)5-6-11(4)13-8-10(3)7-12/h7,9,11,13H,5-6,8H2,1-4H3. The van der Waals surface area contributed by atoms with Gasteiger partial charge in [0.1, 0.15) is 0 Å². The number of rotatable bonds is 6. The normalized spacial score (nSPS) is 15.1. The summed E-state index contributed by atoms with van der Waals surface area (Å²) in [5, 5.41) is 3.44. The highest BCUT2D eigenvalue weighted by molar-refractivity contribution is 6.25. The monoisotopic (exact) mass is 203 g/mol. The van der Waals surface area contributed by atoms with Crippen molar-refractivity contribution < 1.29 is 0 Å². The van der Waals surface area contributed by atoms with E-state index in [1.54, 1.807) is 5.54 Å². The fourth-order valence-corrected chi connectivity index (χ4v) is 1.14. The summed E-state index contributed by atoms with van der Waals surface area (Å²) in [6, 6.07) is 0.592. The van der Waals surface area contributed by atoms with Gasteiger partial charge in [0.2, 0.25) is 0 Å². The highest BCUT2D eigenvalue weighted by Crippen LogP contribution is 2.06. The first kappa shape index (κ1) is 13.0. The molecule has 1 nitrogen and oxygen atoms in total. The van der Waals surface area contributed by atoms with Gasteiger partial charge in [-0.15, -0.1) is 0 Å². The quantitative estimate of drug-likeness (QED) is 0.697. The van der Waals surface area contributed by atoms with Crippen LogP contribution in [0.4, 0.5) is 0 Å². The molecule has 0 rings (SSSR count). The molecule has 0 aromatic carbocycles. The summed E-state index contributed by atoms with van der Waals surface area (Å²) in [7, 11) is 0. The van der Waals surface area contributed by atoms with Crippen LogP contribution in [0.15, 0.2) is 11.1 Å². The molecule has 0 aromatic heterocycles. The van der Waals surface area contributed by atoms with Gasteiger partial charge in [-0.1, -0.05) is 25.4 Å². The summed E-state index contributed by atoms with van der Waals surface area (Å²) in [5.41, 5.74) is 2.83. The average molecular weight is 204 g/mol.